The van der Waals surface area contributed by atoms with Crippen LogP contribution in [-0.4, -0.2) is 103 Å². The number of Topliss-reactive ketones (excluding diaryl/α,β-unsaturated/α-hetero) is 1. The van der Waals surface area contributed by atoms with Gasteiger partial charge >= 0.3 is 6.09 Å². The molecule has 4 aliphatic rings. The second-order valence-electron chi connectivity index (χ2n) is 12.0. The number of likely N-dealkylation sites (tertiary alicyclic amines) is 1. The first-order chi connectivity index (χ1) is 20.6. The number of aliphatic imine (C=N–C) groups is 1. The molecule has 2 aliphatic carbocycles. The fourth-order valence-electron chi connectivity index (χ4n) is 7.31. The molecule has 2 heterocycles. The number of rotatable bonds is 12. The molecular weight excluding hydrogens is 554 g/mol. The van der Waals surface area contributed by atoms with E-state index in [1.165, 1.54) is 10.5 Å². The summed E-state index contributed by atoms with van der Waals surface area (Å²) in [6.45, 7) is 1.28. The van der Waals surface area contributed by atoms with Crippen LogP contribution in [0, 0.1) is 5.92 Å². The first-order valence-electron chi connectivity index (χ1n) is 15.0. The minimum absolute atomic E-state index is 0.0354. The molecule has 0 aromatic heterocycles. The highest BCUT2D eigenvalue weighted by Gasteiger charge is 2.64. The third kappa shape index (κ3) is 5.80. The lowest BCUT2D eigenvalue weighted by Crippen LogP contribution is -2.64. The van der Waals surface area contributed by atoms with Gasteiger partial charge in [0.05, 0.1) is 12.6 Å². The van der Waals surface area contributed by atoms with Crippen molar-refractivity contribution in [3.05, 3.63) is 35.4 Å². The van der Waals surface area contributed by atoms with Crippen molar-refractivity contribution in [3.63, 3.8) is 0 Å². The van der Waals surface area contributed by atoms with E-state index in [0.717, 1.165) is 24.9 Å². The molecule has 13 heteroatoms. The first kappa shape index (κ1) is 30.8. The normalized spacial score (nSPS) is 27.0. The number of carbonyl (C=O) groups excluding carboxylic acids is 3. The average molecular weight is 598 g/mol. The highest BCUT2D eigenvalue weighted by atomic mass is 16.6. The van der Waals surface area contributed by atoms with E-state index in [0.29, 0.717) is 43.3 Å². The lowest BCUT2D eigenvalue weighted by Gasteiger charge is -2.56. The smallest absolute Gasteiger partial charge is 0.415 e. The zero-order valence-electron chi connectivity index (χ0n) is 24.8. The van der Waals surface area contributed by atoms with Gasteiger partial charge in [-0.25, -0.2) is 4.79 Å². The lowest BCUT2D eigenvalue weighted by molar-refractivity contribution is -0.127. The van der Waals surface area contributed by atoms with Crippen molar-refractivity contribution in [2.45, 2.75) is 68.2 Å². The number of benzene rings is 1. The van der Waals surface area contributed by atoms with Gasteiger partial charge in [0, 0.05) is 49.5 Å². The monoisotopic (exact) mass is 597 g/mol. The van der Waals surface area contributed by atoms with Crippen molar-refractivity contribution < 1.29 is 29.0 Å². The van der Waals surface area contributed by atoms with Crippen LogP contribution in [0.15, 0.2) is 29.3 Å². The fraction of sp³-hybridized carbons (Fsp3) is 0.600. The Balaban J connectivity index is 1.21. The van der Waals surface area contributed by atoms with Crippen molar-refractivity contribution in [2.24, 2.45) is 28.1 Å². The fourth-order valence-corrected chi connectivity index (χ4v) is 7.31. The molecule has 234 valence electrons. The van der Waals surface area contributed by atoms with E-state index in [-0.39, 0.29) is 42.6 Å². The van der Waals surface area contributed by atoms with Gasteiger partial charge in [-0.05, 0) is 57.3 Å². The van der Waals surface area contributed by atoms with Gasteiger partial charge in [-0.1, -0.05) is 18.2 Å². The van der Waals surface area contributed by atoms with E-state index in [1.54, 1.807) is 13.1 Å². The molecule has 1 saturated heterocycles. The summed E-state index contributed by atoms with van der Waals surface area (Å²) in [7, 11) is 3.76. The maximum absolute atomic E-state index is 13.1. The molecule has 2 amide bonds. The molecule has 1 fully saturated rings. The first-order valence-corrected chi connectivity index (χ1v) is 15.0. The maximum atomic E-state index is 13.1. The molecule has 43 heavy (non-hydrogen) atoms. The third-order valence-corrected chi connectivity index (χ3v) is 9.41. The van der Waals surface area contributed by atoms with Gasteiger partial charge in [0.25, 0.3) is 0 Å². The Bertz CT molecular complexity index is 1310. The molecule has 1 aromatic carbocycles. The molecule has 1 spiro atoms. The predicted molar refractivity (Wildman–Crippen MR) is 160 cm³/mol. The van der Waals surface area contributed by atoms with Gasteiger partial charge < -0.3 is 46.9 Å². The highest BCUT2D eigenvalue weighted by molar-refractivity contribution is 5.89. The number of ether oxygens (including phenoxy) is 2. The lowest BCUT2D eigenvalue weighted by atomic mass is 9.53. The third-order valence-electron chi connectivity index (χ3n) is 9.41. The van der Waals surface area contributed by atoms with Gasteiger partial charge in [-0.3, -0.25) is 14.6 Å². The van der Waals surface area contributed by atoms with Crippen LogP contribution < -0.4 is 32.0 Å². The second-order valence-corrected chi connectivity index (χ2v) is 12.0. The van der Waals surface area contributed by atoms with E-state index in [9.17, 15) is 19.5 Å². The molecular formula is C30H43N7O6. The van der Waals surface area contributed by atoms with Crippen LogP contribution in [-0.2, 0) is 21.4 Å². The Hall–Kier alpha value is -3.68. The van der Waals surface area contributed by atoms with Crippen molar-refractivity contribution >= 4 is 23.7 Å². The Morgan fingerprint density at radius 2 is 2.07 bits per heavy atom. The van der Waals surface area contributed by atoms with Crippen LogP contribution >= 0.6 is 0 Å². The van der Waals surface area contributed by atoms with Crippen LogP contribution in [0.25, 0.3) is 0 Å². The van der Waals surface area contributed by atoms with E-state index in [2.05, 4.69) is 28.3 Å². The van der Waals surface area contributed by atoms with Crippen LogP contribution in [0.3, 0.4) is 0 Å². The van der Waals surface area contributed by atoms with Crippen LogP contribution in [0.5, 0.6) is 11.5 Å². The van der Waals surface area contributed by atoms with E-state index >= 15 is 0 Å². The number of hydrogen-bond acceptors (Lipinski definition) is 9. The minimum Gasteiger partial charge on any atom is -0.482 e. The van der Waals surface area contributed by atoms with E-state index in [4.69, 9.17) is 26.7 Å². The van der Waals surface area contributed by atoms with Gasteiger partial charge in [0.15, 0.2) is 23.2 Å². The number of aliphatic hydroxyl groups is 1. The van der Waals surface area contributed by atoms with Gasteiger partial charge in [-0.2, -0.15) is 0 Å². The van der Waals surface area contributed by atoms with Crippen molar-refractivity contribution in [1.82, 2.24) is 15.1 Å². The molecule has 0 saturated carbocycles. The molecule has 1 aromatic rings. The zero-order chi connectivity index (χ0) is 30.9. The number of guanidine groups is 1. The number of amides is 2. The summed E-state index contributed by atoms with van der Waals surface area (Å²) in [5.74, 6) is 0.477. The summed E-state index contributed by atoms with van der Waals surface area (Å²) in [5, 5.41) is 13.6. The van der Waals surface area contributed by atoms with Crippen LogP contribution in [0.1, 0.15) is 43.2 Å². The zero-order valence-corrected chi connectivity index (χ0v) is 24.8. The molecule has 6 atom stereocenters. The summed E-state index contributed by atoms with van der Waals surface area (Å²) in [6.07, 6.45) is 5.35. The SMILES string of the molecule is CN(CCCC(=O)[C@H](CCCN=C(N)N)NC(=O)CN)C(=O)Oc1ccc2c3c1O[C@H]1C(O)C=CC4[C@@H](C2)N(C)CC[C@@]341. The number of nitrogens with one attached hydrogen (secondary N) is 1. The Labute approximate surface area is 251 Å². The summed E-state index contributed by atoms with van der Waals surface area (Å²) in [6, 6.07) is 3.41. The molecule has 2 aliphatic heterocycles. The van der Waals surface area contributed by atoms with Crippen LogP contribution in [0.4, 0.5) is 4.79 Å². The summed E-state index contributed by atoms with van der Waals surface area (Å²) >= 11 is 0. The van der Waals surface area contributed by atoms with Crippen molar-refractivity contribution in [3.8, 4) is 11.5 Å². The quantitative estimate of drug-likeness (QED) is 0.0928. The Kier molecular flexibility index (Phi) is 8.95. The summed E-state index contributed by atoms with van der Waals surface area (Å²) < 4.78 is 12.3. The number of nitrogens with zero attached hydrogens (tertiary/aromatic N) is 3. The Morgan fingerprint density at radius 3 is 2.81 bits per heavy atom. The number of likely N-dealkylation sites (N-methyl/N-ethyl adjacent to an activating group) is 1. The van der Waals surface area contributed by atoms with E-state index in [1.807, 2.05) is 12.1 Å². The number of ketones is 1. The van der Waals surface area contributed by atoms with Gasteiger partial charge in [-0.15, -0.1) is 0 Å². The number of nitrogens with two attached hydrogens (primary N) is 3. The molecule has 8 N–H and O–H groups in total. The molecule has 0 radical (unpaired) electrons. The molecule has 2 bridgehead atoms. The second kappa shape index (κ2) is 12.5. The highest BCUT2D eigenvalue weighted by Crippen LogP contribution is 2.62. The number of carbonyl (C=O) groups is 3. The van der Waals surface area contributed by atoms with Crippen molar-refractivity contribution in [1.29, 1.82) is 0 Å². The summed E-state index contributed by atoms with van der Waals surface area (Å²) in [4.78, 5) is 45.6. The van der Waals surface area contributed by atoms with Gasteiger partial charge in [0.2, 0.25) is 5.91 Å². The minimum atomic E-state index is -0.743. The number of piperidine rings is 1. The predicted octanol–water partition coefficient (Wildman–Crippen LogP) is -0.230. The number of aliphatic hydroxyl groups excluding tert-OH is 1. The maximum Gasteiger partial charge on any atom is 0.415 e. The largest absolute Gasteiger partial charge is 0.482 e. The average Bonchev–Trinajstić information content (AvgIpc) is 3.34. The van der Waals surface area contributed by atoms with Crippen molar-refractivity contribution in [2.75, 3.05) is 40.3 Å². The van der Waals surface area contributed by atoms with Crippen LogP contribution in [0.2, 0.25) is 0 Å². The molecule has 5 rings (SSSR count). The topological polar surface area (TPSA) is 199 Å². The standard InChI is InChI=1S/C30H43N7O6/c1-36-14-11-30-18-8-9-22(39)27(30)43-26-23(10-7-17(25(26)30)15-20(18)36)42-29(41)37(2)13-4-6-21(38)19(35-24(40)16-31)5-3-12-34-28(32)33/h7-10,18-20,22,27,39H,3-6,11-16,31H2,1-2H3,(H,35,40)(H4,32,33,34)/t18?,19-,20+,22?,27-,30-/m0/s1. The van der Waals surface area contributed by atoms with E-state index < -0.39 is 30.3 Å². The summed E-state index contributed by atoms with van der Waals surface area (Å²) in [5.41, 5.74) is 18.0. The molecule has 13 nitrogen and oxygen atoms in total. The molecule has 2 unspecified atom stereocenters. The van der Waals surface area contributed by atoms with Gasteiger partial charge in [0.1, 0.15) is 12.2 Å². The number of hydrogen-bond donors (Lipinski definition) is 5. The Morgan fingerprint density at radius 1 is 1.28 bits per heavy atom.